The fourth-order valence-corrected chi connectivity index (χ4v) is 3.15. The first-order valence-corrected chi connectivity index (χ1v) is 10.7. The predicted molar refractivity (Wildman–Crippen MR) is 107 cm³/mol. The Morgan fingerprint density at radius 3 is 2.52 bits per heavy atom. The number of benzene rings is 2. The Morgan fingerprint density at radius 2 is 1.85 bits per heavy atom. The number of anilines is 1. The maximum Gasteiger partial charge on any atom is 0.251 e. The third kappa shape index (κ3) is 7.03. The molecule has 0 aliphatic heterocycles. The molecule has 0 aliphatic rings. The zero-order valence-corrected chi connectivity index (χ0v) is 16.7. The van der Waals surface area contributed by atoms with E-state index in [1.807, 2.05) is 37.3 Å². The summed E-state index contributed by atoms with van der Waals surface area (Å²) in [5.41, 5.74) is 2.68. The summed E-state index contributed by atoms with van der Waals surface area (Å²) in [6.07, 6.45) is 1.77. The zero-order chi connectivity index (χ0) is 19.9. The first-order valence-electron chi connectivity index (χ1n) is 8.79. The monoisotopic (exact) mass is 390 g/mol. The van der Waals surface area contributed by atoms with E-state index in [-0.39, 0.29) is 12.0 Å². The SMILES string of the molecule is Cc1ccc(C(=O)NCCCOC(C)c2ccccc2)cc1NS(C)(=O)=O. The first-order chi connectivity index (χ1) is 12.8. The van der Waals surface area contributed by atoms with E-state index >= 15 is 0 Å². The molecule has 1 amide bonds. The van der Waals surface area contributed by atoms with Crippen LogP contribution in [0.2, 0.25) is 0 Å². The third-order valence-corrected chi connectivity index (χ3v) is 4.63. The molecule has 0 saturated heterocycles. The Morgan fingerprint density at radius 1 is 1.15 bits per heavy atom. The Balaban J connectivity index is 1.80. The number of carbonyl (C=O) groups excluding carboxylic acids is 1. The minimum atomic E-state index is -3.40. The van der Waals surface area contributed by atoms with Crippen molar-refractivity contribution >= 4 is 21.6 Å². The fraction of sp³-hybridized carbons (Fsp3) is 0.350. The molecule has 0 aliphatic carbocycles. The molecule has 0 spiro atoms. The number of amides is 1. The number of nitrogens with one attached hydrogen (secondary N) is 2. The third-order valence-electron chi connectivity index (χ3n) is 4.04. The van der Waals surface area contributed by atoms with Crippen molar-refractivity contribution < 1.29 is 17.9 Å². The van der Waals surface area contributed by atoms with Crippen LogP contribution < -0.4 is 10.0 Å². The van der Waals surface area contributed by atoms with Crippen LogP contribution >= 0.6 is 0 Å². The summed E-state index contributed by atoms with van der Waals surface area (Å²) in [7, 11) is -3.40. The smallest absolute Gasteiger partial charge is 0.251 e. The van der Waals surface area contributed by atoms with Crippen molar-refractivity contribution in [2.45, 2.75) is 26.4 Å². The molecule has 7 heteroatoms. The lowest BCUT2D eigenvalue weighted by Gasteiger charge is -2.14. The second kappa shape index (κ2) is 9.53. The van der Waals surface area contributed by atoms with E-state index in [0.717, 1.165) is 17.4 Å². The Bertz CT molecular complexity index is 867. The van der Waals surface area contributed by atoms with Crippen molar-refractivity contribution in [1.82, 2.24) is 5.32 Å². The van der Waals surface area contributed by atoms with Gasteiger partial charge in [0.25, 0.3) is 5.91 Å². The minimum Gasteiger partial charge on any atom is -0.374 e. The highest BCUT2D eigenvalue weighted by molar-refractivity contribution is 7.92. The van der Waals surface area contributed by atoms with Crippen LogP contribution in [0.25, 0.3) is 0 Å². The lowest BCUT2D eigenvalue weighted by Crippen LogP contribution is -2.25. The Hall–Kier alpha value is -2.38. The molecule has 2 aromatic carbocycles. The van der Waals surface area contributed by atoms with Gasteiger partial charge in [0.15, 0.2) is 0 Å². The second-order valence-corrected chi connectivity index (χ2v) is 8.19. The molecule has 146 valence electrons. The van der Waals surface area contributed by atoms with Gasteiger partial charge in [0.2, 0.25) is 10.0 Å². The van der Waals surface area contributed by atoms with Crippen LogP contribution in [0.1, 0.15) is 40.9 Å². The van der Waals surface area contributed by atoms with Gasteiger partial charge in [-0.1, -0.05) is 36.4 Å². The second-order valence-electron chi connectivity index (χ2n) is 6.44. The zero-order valence-electron chi connectivity index (χ0n) is 15.9. The van der Waals surface area contributed by atoms with Gasteiger partial charge in [0.05, 0.1) is 18.0 Å². The van der Waals surface area contributed by atoms with Crippen LogP contribution in [-0.4, -0.2) is 33.7 Å². The number of carbonyl (C=O) groups is 1. The van der Waals surface area contributed by atoms with Gasteiger partial charge in [-0.15, -0.1) is 0 Å². The number of rotatable bonds is 9. The molecule has 2 rings (SSSR count). The summed E-state index contributed by atoms with van der Waals surface area (Å²) in [6.45, 7) is 4.78. The summed E-state index contributed by atoms with van der Waals surface area (Å²) >= 11 is 0. The van der Waals surface area contributed by atoms with E-state index in [0.29, 0.717) is 30.8 Å². The number of sulfonamides is 1. The fourth-order valence-electron chi connectivity index (χ4n) is 2.53. The van der Waals surface area contributed by atoms with E-state index in [1.54, 1.807) is 25.1 Å². The summed E-state index contributed by atoms with van der Waals surface area (Å²) in [6, 6.07) is 14.9. The molecule has 0 saturated carbocycles. The molecular weight excluding hydrogens is 364 g/mol. The van der Waals surface area contributed by atoms with Crippen LogP contribution in [0, 0.1) is 6.92 Å². The minimum absolute atomic E-state index is 0.00336. The van der Waals surface area contributed by atoms with Gasteiger partial charge in [0, 0.05) is 18.7 Å². The Labute approximate surface area is 161 Å². The normalized spacial score (nSPS) is 12.4. The Kier molecular flexibility index (Phi) is 7.38. The van der Waals surface area contributed by atoms with Crippen molar-refractivity contribution in [3.63, 3.8) is 0 Å². The van der Waals surface area contributed by atoms with Crippen LogP contribution in [0.5, 0.6) is 0 Å². The van der Waals surface area contributed by atoms with E-state index in [9.17, 15) is 13.2 Å². The van der Waals surface area contributed by atoms with Crippen LogP contribution in [0.3, 0.4) is 0 Å². The molecule has 0 aromatic heterocycles. The number of hydrogen-bond donors (Lipinski definition) is 2. The van der Waals surface area contributed by atoms with E-state index in [4.69, 9.17) is 4.74 Å². The van der Waals surface area contributed by atoms with Crippen molar-refractivity contribution in [3.8, 4) is 0 Å². The van der Waals surface area contributed by atoms with Crippen LogP contribution in [0.4, 0.5) is 5.69 Å². The maximum absolute atomic E-state index is 12.3. The predicted octanol–water partition coefficient (Wildman–Crippen LogP) is 3.26. The van der Waals surface area contributed by atoms with E-state index in [2.05, 4.69) is 10.0 Å². The van der Waals surface area contributed by atoms with Gasteiger partial charge in [-0.2, -0.15) is 0 Å². The lowest BCUT2D eigenvalue weighted by atomic mass is 10.1. The quantitative estimate of drug-likeness (QED) is 0.644. The lowest BCUT2D eigenvalue weighted by molar-refractivity contribution is 0.0635. The summed E-state index contributed by atoms with van der Waals surface area (Å²) < 4.78 is 31.0. The first kappa shape index (κ1) is 20.9. The molecule has 2 aromatic rings. The average molecular weight is 391 g/mol. The van der Waals surface area contributed by atoms with Crippen molar-refractivity contribution in [1.29, 1.82) is 0 Å². The number of hydrogen-bond acceptors (Lipinski definition) is 4. The van der Waals surface area contributed by atoms with Gasteiger partial charge in [-0.3, -0.25) is 9.52 Å². The van der Waals surface area contributed by atoms with Crippen molar-refractivity contribution in [2.24, 2.45) is 0 Å². The number of ether oxygens (including phenoxy) is 1. The summed E-state index contributed by atoms with van der Waals surface area (Å²) in [4.78, 5) is 12.3. The molecule has 27 heavy (non-hydrogen) atoms. The molecule has 0 heterocycles. The molecule has 0 radical (unpaired) electrons. The molecular formula is C20H26N2O4S. The van der Waals surface area contributed by atoms with Gasteiger partial charge < -0.3 is 10.1 Å². The summed E-state index contributed by atoms with van der Waals surface area (Å²) in [5.74, 6) is -0.248. The molecule has 0 bridgehead atoms. The summed E-state index contributed by atoms with van der Waals surface area (Å²) in [5, 5.41) is 2.83. The molecule has 1 atom stereocenters. The van der Waals surface area contributed by atoms with Crippen molar-refractivity contribution in [3.05, 3.63) is 65.2 Å². The average Bonchev–Trinajstić information content (AvgIpc) is 2.62. The number of aryl methyl sites for hydroxylation is 1. The van der Waals surface area contributed by atoms with E-state index in [1.165, 1.54) is 0 Å². The van der Waals surface area contributed by atoms with Gasteiger partial charge >= 0.3 is 0 Å². The highest BCUT2D eigenvalue weighted by atomic mass is 32.2. The molecule has 0 fully saturated rings. The largest absolute Gasteiger partial charge is 0.374 e. The van der Waals surface area contributed by atoms with Gasteiger partial charge in [-0.05, 0) is 43.5 Å². The van der Waals surface area contributed by atoms with Gasteiger partial charge in [0.1, 0.15) is 0 Å². The van der Waals surface area contributed by atoms with Crippen LogP contribution in [0.15, 0.2) is 48.5 Å². The molecule has 1 unspecified atom stereocenters. The topological polar surface area (TPSA) is 84.5 Å². The highest BCUT2D eigenvalue weighted by Crippen LogP contribution is 2.18. The molecule has 2 N–H and O–H groups in total. The standard InChI is InChI=1S/C20H26N2O4S/c1-15-10-11-18(14-19(15)22-27(3,24)25)20(23)21-12-7-13-26-16(2)17-8-5-4-6-9-17/h4-6,8-11,14,16,22H,7,12-13H2,1-3H3,(H,21,23). The van der Waals surface area contributed by atoms with Crippen molar-refractivity contribution in [2.75, 3.05) is 24.1 Å². The van der Waals surface area contributed by atoms with Gasteiger partial charge in [-0.25, -0.2) is 8.42 Å². The van der Waals surface area contributed by atoms with E-state index < -0.39 is 10.0 Å². The maximum atomic E-state index is 12.3. The molecule has 6 nitrogen and oxygen atoms in total. The van der Waals surface area contributed by atoms with Crippen LogP contribution in [-0.2, 0) is 14.8 Å². The highest BCUT2D eigenvalue weighted by Gasteiger charge is 2.11.